The number of carbonyl (C=O) groups is 3. The smallest absolute Gasteiger partial charge is 0.405 e. The minimum absolute atomic E-state index is 0.0237. The van der Waals surface area contributed by atoms with E-state index in [-0.39, 0.29) is 23.9 Å². The lowest BCUT2D eigenvalue weighted by molar-refractivity contribution is -0.141. The Balaban J connectivity index is 1.02. The fraction of sp³-hybridized carbons (Fsp3) is 0.308. The van der Waals surface area contributed by atoms with E-state index in [9.17, 15) is 14.4 Å². The largest absolute Gasteiger partial charge is 0.431 e. The lowest BCUT2D eigenvalue weighted by Gasteiger charge is -2.27. The second-order valence-electron chi connectivity index (χ2n) is 13.4. The fourth-order valence-corrected chi connectivity index (χ4v) is 7.17. The highest BCUT2D eigenvalue weighted by Crippen LogP contribution is 2.36. The van der Waals surface area contributed by atoms with Gasteiger partial charge in [0.2, 0.25) is 12.0 Å². The molecule has 3 amide bonds. The molecule has 12 nitrogen and oxygen atoms in total. The number of ether oxygens (including phenoxy) is 1. The lowest BCUT2D eigenvalue weighted by Crippen LogP contribution is -2.37. The predicted octanol–water partition coefficient (Wildman–Crippen LogP) is 5.86. The Morgan fingerprint density at radius 3 is 1.76 bits per heavy atom. The van der Waals surface area contributed by atoms with Crippen molar-refractivity contribution in [1.82, 2.24) is 34.6 Å². The van der Waals surface area contributed by atoms with E-state index >= 15 is 0 Å². The number of nitrogens with zero attached hydrogens (tertiary/aromatic N) is 5. The van der Waals surface area contributed by atoms with Crippen molar-refractivity contribution < 1.29 is 19.1 Å². The van der Waals surface area contributed by atoms with E-state index in [0.29, 0.717) is 24.5 Å². The van der Waals surface area contributed by atoms with E-state index in [2.05, 4.69) is 68.5 Å². The number of benzene rings is 3. The molecule has 2 aliphatic rings. The number of H-pyrrole nitrogens is 2. The molecule has 2 fully saturated rings. The van der Waals surface area contributed by atoms with Crippen LogP contribution in [-0.4, -0.2) is 86.3 Å². The molecule has 12 heteroatoms. The number of hydrogen-bond acceptors (Lipinski definition) is 7. The maximum Gasteiger partial charge on any atom is 0.405 e. The van der Waals surface area contributed by atoms with Crippen LogP contribution in [0.15, 0.2) is 91.3 Å². The van der Waals surface area contributed by atoms with Gasteiger partial charge in [-0.15, -0.1) is 0 Å². The van der Waals surface area contributed by atoms with Crippen molar-refractivity contribution in [2.75, 3.05) is 33.7 Å². The second kappa shape index (κ2) is 14.6. The number of imidazole rings is 2. The van der Waals surface area contributed by atoms with Crippen molar-refractivity contribution in [3.8, 4) is 33.6 Å². The number of aromatic nitrogens is 4. The van der Waals surface area contributed by atoms with Crippen LogP contribution in [-0.2, 0) is 14.3 Å². The summed E-state index contributed by atoms with van der Waals surface area (Å²) >= 11 is 0. The second-order valence-corrected chi connectivity index (χ2v) is 13.4. The summed E-state index contributed by atoms with van der Waals surface area (Å²) in [5.41, 5.74) is 11.8. The number of aromatic amines is 2. The molecule has 3 aromatic carbocycles. The van der Waals surface area contributed by atoms with Gasteiger partial charge in [0.25, 0.3) is 5.91 Å². The first-order valence-electron chi connectivity index (χ1n) is 17.3. The number of amides is 3. The fourth-order valence-electron chi connectivity index (χ4n) is 7.17. The number of likely N-dealkylation sites (tertiary alicyclic amines) is 2. The molecule has 5 aromatic rings. The van der Waals surface area contributed by atoms with Gasteiger partial charge in [0.15, 0.2) is 0 Å². The van der Waals surface area contributed by atoms with Gasteiger partial charge in [0, 0.05) is 18.7 Å². The maximum absolute atomic E-state index is 13.7. The summed E-state index contributed by atoms with van der Waals surface area (Å²) < 4.78 is 5.29. The van der Waals surface area contributed by atoms with Crippen LogP contribution in [0.4, 0.5) is 4.79 Å². The third-order valence-electron chi connectivity index (χ3n) is 9.67. The summed E-state index contributed by atoms with van der Waals surface area (Å²) in [5.74, 6) is 1.32. The monoisotopic (exact) mass is 686 g/mol. The van der Waals surface area contributed by atoms with Crippen LogP contribution in [0.5, 0.6) is 0 Å². The van der Waals surface area contributed by atoms with Gasteiger partial charge < -0.3 is 35.1 Å². The van der Waals surface area contributed by atoms with E-state index < -0.39 is 12.2 Å². The Morgan fingerprint density at radius 1 is 0.765 bits per heavy atom. The Bertz CT molecular complexity index is 1990. The molecule has 0 aliphatic carbocycles. The molecule has 262 valence electrons. The maximum atomic E-state index is 13.7. The standard InChI is InChI=1S/C39H42N8O4/c1-45(2)24-34(48)46-20-6-10-32(46)36-41-22-30(43-36)27-16-12-25(13-17-27)26-14-18-28(19-15-26)31-23-42-37(44-31)33-11-7-21-47(33)38(49)35(51-39(40)50)29-8-4-3-5-9-29/h3-5,8-9,12-19,22-23,32-33,35H,6-7,10-11,20-21,24H2,1-2H3,(H2,40,50)(H,41,43)(H,42,44)/t32-,33-,35+/m0/s1. The zero-order valence-corrected chi connectivity index (χ0v) is 28.8. The minimum atomic E-state index is -1.12. The molecule has 0 unspecified atom stereocenters. The van der Waals surface area contributed by atoms with Gasteiger partial charge in [-0.2, -0.15) is 0 Å². The summed E-state index contributed by atoms with van der Waals surface area (Å²) in [6.45, 7) is 1.68. The van der Waals surface area contributed by atoms with E-state index in [1.807, 2.05) is 36.2 Å². The molecular formula is C39H42N8O4. The van der Waals surface area contributed by atoms with Crippen LogP contribution in [0.1, 0.15) is 61.1 Å². The topological polar surface area (TPSA) is 154 Å². The Kier molecular flexibility index (Phi) is 9.67. The Hall–Kier alpha value is -5.75. The number of hydrogen-bond donors (Lipinski definition) is 3. The summed E-state index contributed by atoms with van der Waals surface area (Å²) in [4.78, 5) is 59.9. The van der Waals surface area contributed by atoms with Gasteiger partial charge in [-0.05, 0) is 62.0 Å². The van der Waals surface area contributed by atoms with Crippen molar-refractivity contribution in [2.24, 2.45) is 5.73 Å². The molecule has 4 N–H and O–H groups in total. The van der Waals surface area contributed by atoms with Gasteiger partial charge in [-0.3, -0.25) is 9.59 Å². The molecule has 4 heterocycles. The van der Waals surface area contributed by atoms with E-state index in [0.717, 1.165) is 71.7 Å². The van der Waals surface area contributed by atoms with Gasteiger partial charge in [-0.25, -0.2) is 14.8 Å². The zero-order valence-electron chi connectivity index (χ0n) is 28.8. The molecular weight excluding hydrogens is 644 g/mol. The van der Waals surface area contributed by atoms with E-state index in [4.69, 9.17) is 10.5 Å². The molecule has 7 rings (SSSR count). The predicted molar refractivity (Wildman–Crippen MR) is 193 cm³/mol. The molecule has 0 bridgehead atoms. The number of likely N-dealkylation sites (N-methyl/N-ethyl adjacent to an activating group) is 1. The van der Waals surface area contributed by atoms with Crippen LogP contribution < -0.4 is 5.73 Å². The van der Waals surface area contributed by atoms with Crippen LogP contribution >= 0.6 is 0 Å². The summed E-state index contributed by atoms with van der Waals surface area (Å²) in [5, 5.41) is 0. The minimum Gasteiger partial charge on any atom is -0.431 e. The molecule has 2 aromatic heterocycles. The highest BCUT2D eigenvalue weighted by Gasteiger charge is 2.38. The van der Waals surface area contributed by atoms with Crippen molar-refractivity contribution in [1.29, 1.82) is 0 Å². The van der Waals surface area contributed by atoms with Crippen LogP contribution in [0, 0.1) is 0 Å². The Labute approximate surface area is 296 Å². The first-order valence-corrected chi connectivity index (χ1v) is 17.3. The number of primary amides is 1. The molecule has 0 spiro atoms. The highest BCUT2D eigenvalue weighted by molar-refractivity contribution is 5.85. The SMILES string of the molecule is CN(C)CC(=O)N1CCC[C@H]1c1ncc(-c2ccc(-c3ccc(-c4cnc([C@@H]5CCCN5C(=O)[C@H](OC(N)=O)c5ccccc5)[nH]4)cc3)cc2)[nH]1. The van der Waals surface area contributed by atoms with Crippen LogP contribution in [0.25, 0.3) is 33.6 Å². The Morgan fingerprint density at radius 2 is 1.25 bits per heavy atom. The summed E-state index contributed by atoms with van der Waals surface area (Å²) in [6, 6.07) is 25.2. The molecule has 0 saturated carbocycles. The normalized spacial score (nSPS) is 17.9. The number of rotatable bonds is 10. The van der Waals surface area contributed by atoms with Crippen LogP contribution in [0.3, 0.4) is 0 Å². The average Bonchev–Trinajstić information content (AvgIpc) is 3.97. The zero-order chi connectivity index (χ0) is 35.5. The summed E-state index contributed by atoms with van der Waals surface area (Å²) in [6.07, 6.45) is 4.94. The van der Waals surface area contributed by atoms with Gasteiger partial charge >= 0.3 is 6.09 Å². The van der Waals surface area contributed by atoms with Crippen molar-refractivity contribution in [3.63, 3.8) is 0 Å². The number of nitrogens with two attached hydrogens (primary N) is 1. The first-order chi connectivity index (χ1) is 24.7. The highest BCUT2D eigenvalue weighted by atomic mass is 16.6. The van der Waals surface area contributed by atoms with Crippen molar-refractivity contribution >= 4 is 17.9 Å². The molecule has 0 radical (unpaired) electrons. The van der Waals surface area contributed by atoms with E-state index in [1.165, 1.54) is 0 Å². The third-order valence-corrected chi connectivity index (χ3v) is 9.67. The third kappa shape index (κ3) is 7.27. The molecule has 2 aliphatic heterocycles. The van der Waals surface area contributed by atoms with Gasteiger partial charge in [0.05, 0.1) is 42.4 Å². The number of nitrogens with one attached hydrogen (secondary N) is 2. The van der Waals surface area contributed by atoms with Gasteiger partial charge in [-0.1, -0.05) is 78.9 Å². The van der Waals surface area contributed by atoms with E-state index in [1.54, 1.807) is 35.4 Å². The molecule has 51 heavy (non-hydrogen) atoms. The van der Waals surface area contributed by atoms with Crippen molar-refractivity contribution in [3.05, 3.63) is 108 Å². The summed E-state index contributed by atoms with van der Waals surface area (Å²) in [7, 11) is 3.82. The van der Waals surface area contributed by atoms with Gasteiger partial charge in [0.1, 0.15) is 11.6 Å². The average molecular weight is 687 g/mol. The first kappa shape index (κ1) is 33.7. The van der Waals surface area contributed by atoms with Crippen LogP contribution in [0.2, 0.25) is 0 Å². The van der Waals surface area contributed by atoms with Crippen molar-refractivity contribution in [2.45, 2.75) is 43.9 Å². The molecule has 3 atom stereocenters. The molecule has 2 saturated heterocycles. The quantitative estimate of drug-likeness (QED) is 0.166. The lowest BCUT2D eigenvalue weighted by atomic mass is 10.0. The number of carbonyl (C=O) groups excluding carboxylic acids is 3.